The quantitative estimate of drug-likeness (QED) is 0.902. The molecule has 0 amide bonds. The minimum atomic E-state index is -0.663. The van der Waals surface area contributed by atoms with Crippen molar-refractivity contribution in [2.45, 2.75) is 12.0 Å². The lowest BCUT2D eigenvalue weighted by atomic mass is 9.89. The van der Waals surface area contributed by atoms with Gasteiger partial charge in [0.05, 0.1) is 16.1 Å². The molecule has 0 spiro atoms. The van der Waals surface area contributed by atoms with E-state index in [0.29, 0.717) is 16.6 Å². The summed E-state index contributed by atoms with van der Waals surface area (Å²) in [7, 11) is 0. The van der Waals surface area contributed by atoms with E-state index in [9.17, 15) is 5.11 Å². The van der Waals surface area contributed by atoms with Gasteiger partial charge in [0.2, 0.25) is 0 Å². The Morgan fingerprint density at radius 3 is 2.21 bits per heavy atom. The SMILES string of the molecule is NCC(c1ccc(Cl)c(Cl)c1)C(O)c1ccccc1. The molecule has 0 aromatic heterocycles. The first-order valence-corrected chi connectivity index (χ1v) is 6.77. The number of aliphatic hydroxyl groups is 1. The Bertz CT molecular complexity index is 545. The lowest BCUT2D eigenvalue weighted by Crippen LogP contribution is -2.20. The van der Waals surface area contributed by atoms with Crippen molar-refractivity contribution < 1.29 is 5.11 Å². The van der Waals surface area contributed by atoms with Gasteiger partial charge in [-0.05, 0) is 23.3 Å². The predicted molar refractivity (Wildman–Crippen MR) is 79.7 cm³/mol. The Labute approximate surface area is 122 Å². The molecule has 2 rings (SSSR count). The summed E-state index contributed by atoms with van der Waals surface area (Å²) in [6, 6.07) is 14.8. The van der Waals surface area contributed by atoms with Crippen molar-refractivity contribution in [3.05, 3.63) is 69.7 Å². The molecule has 2 atom stereocenters. The highest BCUT2D eigenvalue weighted by molar-refractivity contribution is 6.42. The van der Waals surface area contributed by atoms with Gasteiger partial charge in [0.15, 0.2) is 0 Å². The first-order valence-electron chi connectivity index (χ1n) is 6.01. The molecular weight excluding hydrogens is 281 g/mol. The molecule has 4 heteroatoms. The normalized spacial score (nSPS) is 14.1. The number of benzene rings is 2. The van der Waals surface area contributed by atoms with Crippen LogP contribution in [0.1, 0.15) is 23.1 Å². The summed E-state index contributed by atoms with van der Waals surface area (Å²) in [5, 5.41) is 11.4. The van der Waals surface area contributed by atoms with Gasteiger partial charge in [-0.2, -0.15) is 0 Å². The minimum absolute atomic E-state index is 0.211. The third-order valence-electron chi connectivity index (χ3n) is 3.15. The number of hydrogen-bond acceptors (Lipinski definition) is 2. The van der Waals surface area contributed by atoms with Crippen LogP contribution in [0.4, 0.5) is 0 Å². The van der Waals surface area contributed by atoms with E-state index in [1.807, 2.05) is 36.4 Å². The average Bonchev–Trinajstić information content (AvgIpc) is 2.44. The second-order valence-electron chi connectivity index (χ2n) is 4.37. The first-order chi connectivity index (χ1) is 9.13. The van der Waals surface area contributed by atoms with Gasteiger partial charge in [-0.3, -0.25) is 0 Å². The number of hydrogen-bond donors (Lipinski definition) is 2. The summed E-state index contributed by atoms with van der Waals surface area (Å²) in [5.74, 6) is -0.211. The Hall–Kier alpha value is -1.06. The fraction of sp³-hybridized carbons (Fsp3) is 0.200. The van der Waals surface area contributed by atoms with Crippen LogP contribution in [0, 0.1) is 0 Å². The van der Waals surface area contributed by atoms with Crippen molar-refractivity contribution in [3.8, 4) is 0 Å². The van der Waals surface area contributed by atoms with Crippen molar-refractivity contribution in [2.24, 2.45) is 5.73 Å². The van der Waals surface area contributed by atoms with Gasteiger partial charge in [-0.1, -0.05) is 59.6 Å². The molecule has 0 saturated carbocycles. The Morgan fingerprint density at radius 1 is 0.947 bits per heavy atom. The predicted octanol–water partition coefficient (Wildman–Crippen LogP) is 3.77. The Kier molecular flexibility index (Phi) is 4.83. The van der Waals surface area contributed by atoms with Gasteiger partial charge in [0.1, 0.15) is 0 Å². The van der Waals surface area contributed by atoms with Crippen molar-refractivity contribution >= 4 is 23.2 Å². The summed E-state index contributed by atoms with van der Waals surface area (Å²) in [6.45, 7) is 0.327. The van der Waals surface area contributed by atoms with E-state index in [1.54, 1.807) is 12.1 Å². The van der Waals surface area contributed by atoms with Crippen LogP contribution in [-0.2, 0) is 0 Å². The van der Waals surface area contributed by atoms with Crippen molar-refractivity contribution in [1.29, 1.82) is 0 Å². The number of nitrogens with two attached hydrogens (primary N) is 1. The van der Waals surface area contributed by atoms with Gasteiger partial charge in [0, 0.05) is 12.5 Å². The van der Waals surface area contributed by atoms with Crippen LogP contribution in [0.5, 0.6) is 0 Å². The summed E-state index contributed by atoms with van der Waals surface area (Å²) < 4.78 is 0. The lowest BCUT2D eigenvalue weighted by molar-refractivity contribution is 0.147. The molecular formula is C15H15Cl2NO. The number of halogens is 2. The summed E-state index contributed by atoms with van der Waals surface area (Å²) in [6.07, 6.45) is -0.663. The largest absolute Gasteiger partial charge is 0.388 e. The molecule has 2 aromatic carbocycles. The van der Waals surface area contributed by atoms with Crippen LogP contribution in [0.3, 0.4) is 0 Å². The maximum Gasteiger partial charge on any atom is 0.0870 e. The lowest BCUT2D eigenvalue weighted by Gasteiger charge is -2.22. The molecule has 2 aromatic rings. The zero-order valence-electron chi connectivity index (χ0n) is 10.3. The Morgan fingerprint density at radius 2 is 1.63 bits per heavy atom. The maximum absolute atomic E-state index is 10.4. The fourth-order valence-electron chi connectivity index (χ4n) is 2.07. The van der Waals surface area contributed by atoms with Crippen LogP contribution in [0.25, 0.3) is 0 Å². The van der Waals surface area contributed by atoms with Crippen molar-refractivity contribution in [3.63, 3.8) is 0 Å². The second kappa shape index (κ2) is 6.40. The zero-order chi connectivity index (χ0) is 13.8. The monoisotopic (exact) mass is 295 g/mol. The van der Waals surface area contributed by atoms with E-state index in [0.717, 1.165) is 11.1 Å². The third-order valence-corrected chi connectivity index (χ3v) is 3.89. The highest BCUT2D eigenvalue weighted by atomic mass is 35.5. The summed E-state index contributed by atoms with van der Waals surface area (Å²) >= 11 is 11.9. The van der Waals surface area contributed by atoms with Crippen LogP contribution in [0.2, 0.25) is 10.0 Å². The van der Waals surface area contributed by atoms with E-state index in [2.05, 4.69) is 0 Å². The zero-order valence-corrected chi connectivity index (χ0v) is 11.8. The van der Waals surface area contributed by atoms with Gasteiger partial charge < -0.3 is 10.8 Å². The maximum atomic E-state index is 10.4. The molecule has 3 N–H and O–H groups in total. The summed E-state index contributed by atoms with van der Waals surface area (Å²) in [5.41, 5.74) is 7.51. The molecule has 0 aliphatic heterocycles. The Balaban J connectivity index is 2.31. The third kappa shape index (κ3) is 3.28. The van der Waals surface area contributed by atoms with Crippen LogP contribution < -0.4 is 5.73 Å². The molecule has 2 nitrogen and oxygen atoms in total. The van der Waals surface area contributed by atoms with E-state index in [4.69, 9.17) is 28.9 Å². The first kappa shape index (κ1) is 14.4. The molecule has 0 bridgehead atoms. The van der Waals surface area contributed by atoms with Crippen LogP contribution in [-0.4, -0.2) is 11.7 Å². The van der Waals surface area contributed by atoms with E-state index in [1.165, 1.54) is 0 Å². The van der Waals surface area contributed by atoms with E-state index >= 15 is 0 Å². The van der Waals surface area contributed by atoms with Gasteiger partial charge >= 0.3 is 0 Å². The molecule has 0 aliphatic carbocycles. The van der Waals surface area contributed by atoms with Gasteiger partial charge in [0.25, 0.3) is 0 Å². The van der Waals surface area contributed by atoms with Crippen LogP contribution in [0.15, 0.2) is 48.5 Å². The van der Waals surface area contributed by atoms with Gasteiger partial charge in [-0.15, -0.1) is 0 Å². The fourth-order valence-corrected chi connectivity index (χ4v) is 2.38. The average molecular weight is 296 g/mol. The molecule has 0 fully saturated rings. The molecule has 2 unspecified atom stereocenters. The van der Waals surface area contributed by atoms with E-state index < -0.39 is 6.10 Å². The summed E-state index contributed by atoms with van der Waals surface area (Å²) in [4.78, 5) is 0. The van der Waals surface area contributed by atoms with Crippen LogP contribution >= 0.6 is 23.2 Å². The molecule has 0 saturated heterocycles. The van der Waals surface area contributed by atoms with Crippen molar-refractivity contribution in [2.75, 3.05) is 6.54 Å². The molecule has 0 radical (unpaired) electrons. The van der Waals surface area contributed by atoms with Gasteiger partial charge in [-0.25, -0.2) is 0 Å². The number of aliphatic hydroxyl groups excluding tert-OH is 1. The smallest absolute Gasteiger partial charge is 0.0870 e. The molecule has 0 heterocycles. The highest BCUT2D eigenvalue weighted by Crippen LogP contribution is 2.33. The second-order valence-corrected chi connectivity index (χ2v) is 5.19. The molecule has 100 valence electrons. The number of rotatable bonds is 4. The minimum Gasteiger partial charge on any atom is -0.388 e. The highest BCUT2D eigenvalue weighted by Gasteiger charge is 2.21. The molecule has 0 aliphatic rings. The molecule has 19 heavy (non-hydrogen) atoms. The topological polar surface area (TPSA) is 46.2 Å². The van der Waals surface area contributed by atoms with Crippen molar-refractivity contribution in [1.82, 2.24) is 0 Å². The standard InChI is InChI=1S/C15H15Cl2NO/c16-13-7-6-11(8-14(13)17)12(9-18)15(19)10-4-2-1-3-5-10/h1-8,12,15,19H,9,18H2. The van der Waals surface area contributed by atoms with E-state index in [-0.39, 0.29) is 5.92 Å².